The molecule has 0 N–H and O–H groups in total. The summed E-state index contributed by atoms with van der Waals surface area (Å²) in [5, 5.41) is 3.13. The third kappa shape index (κ3) is 3.79. The lowest BCUT2D eigenvalue weighted by molar-refractivity contribution is -0.134. The summed E-state index contributed by atoms with van der Waals surface area (Å²) in [4.78, 5) is 33.3. The number of hydrogen-bond donors (Lipinski definition) is 0. The molecule has 1 amide bonds. The summed E-state index contributed by atoms with van der Waals surface area (Å²) in [5.74, 6) is 0.113. The molecule has 6 rings (SSSR count). The quantitative estimate of drug-likeness (QED) is 0.453. The number of imidazole rings is 1. The summed E-state index contributed by atoms with van der Waals surface area (Å²) in [6.07, 6.45) is 6.36. The number of carbonyl (C=O) groups excluding carboxylic acids is 1. The number of fused-ring (bicyclic) bond motifs is 2. The molecule has 8 nitrogen and oxygen atoms in total. The monoisotopic (exact) mass is 473 g/mol. The van der Waals surface area contributed by atoms with Gasteiger partial charge in [-0.1, -0.05) is 12.1 Å². The van der Waals surface area contributed by atoms with Crippen LogP contribution in [-0.2, 0) is 24.3 Å². The fourth-order valence-electron chi connectivity index (χ4n) is 5.19. The number of carbonyl (C=O) groups is 1. The van der Waals surface area contributed by atoms with Crippen molar-refractivity contribution in [3.05, 3.63) is 65.6 Å². The predicted molar refractivity (Wildman–Crippen MR) is 134 cm³/mol. The van der Waals surface area contributed by atoms with Gasteiger partial charge in [0.05, 0.1) is 6.33 Å². The molecule has 5 heterocycles. The average Bonchev–Trinajstić information content (AvgIpc) is 3.54. The first-order chi connectivity index (χ1) is 16.7. The molecule has 0 radical (unpaired) electrons. The first-order valence-corrected chi connectivity index (χ1v) is 12.6. The average molecular weight is 474 g/mol. The van der Waals surface area contributed by atoms with Crippen molar-refractivity contribution in [1.82, 2.24) is 24.4 Å². The summed E-state index contributed by atoms with van der Waals surface area (Å²) in [6.45, 7) is 6.65. The van der Waals surface area contributed by atoms with E-state index in [0.717, 1.165) is 48.9 Å². The molecule has 0 aliphatic carbocycles. The lowest BCUT2D eigenvalue weighted by Crippen LogP contribution is -2.55. The Kier molecular flexibility index (Phi) is 5.41. The first-order valence-electron chi connectivity index (χ1n) is 11.7. The maximum Gasteiger partial charge on any atom is 0.242 e. The van der Waals surface area contributed by atoms with E-state index in [0.29, 0.717) is 6.54 Å². The van der Waals surface area contributed by atoms with Gasteiger partial charge in [-0.15, -0.1) is 11.3 Å². The molecule has 0 bridgehead atoms. The zero-order valence-electron chi connectivity index (χ0n) is 19.2. The summed E-state index contributed by atoms with van der Waals surface area (Å²) < 4.78 is 1.84. The van der Waals surface area contributed by atoms with Crippen molar-refractivity contribution in [2.75, 3.05) is 36.0 Å². The van der Waals surface area contributed by atoms with Crippen molar-refractivity contribution >= 4 is 39.2 Å². The number of nitrogens with zero attached hydrogens (tertiary/aromatic N) is 7. The lowest BCUT2D eigenvalue weighted by atomic mass is 9.97. The van der Waals surface area contributed by atoms with Gasteiger partial charge in [0.25, 0.3) is 0 Å². The van der Waals surface area contributed by atoms with Gasteiger partial charge < -0.3 is 19.3 Å². The van der Waals surface area contributed by atoms with Gasteiger partial charge >= 0.3 is 0 Å². The van der Waals surface area contributed by atoms with Crippen molar-refractivity contribution in [1.29, 1.82) is 0 Å². The maximum atomic E-state index is 13.2. The van der Waals surface area contributed by atoms with Crippen molar-refractivity contribution in [2.24, 2.45) is 0 Å². The molecule has 9 heteroatoms. The van der Waals surface area contributed by atoms with E-state index >= 15 is 0 Å². The van der Waals surface area contributed by atoms with Crippen molar-refractivity contribution in [3.63, 3.8) is 0 Å². The van der Waals surface area contributed by atoms with E-state index in [9.17, 15) is 4.79 Å². The summed E-state index contributed by atoms with van der Waals surface area (Å²) >= 11 is 1.70. The Morgan fingerprint density at radius 3 is 2.85 bits per heavy atom. The molecule has 0 saturated carbocycles. The fraction of sp³-hybridized carbons (Fsp3) is 0.360. The zero-order chi connectivity index (χ0) is 23.1. The molecular weight excluding hydrogens is 446 g/mol. The van der Waals surface area contributed by atoms with Crippen LogP contribution in [0.3, 0.4) is 0 Å². The Morgan fingerprint density at radius 1 is 1.06 bits per heavy atom. The molecule has 34 heavy (non-hydrogen) atoms. The zero-order valence-corrected chi connectivity index (χ0v) is 20.0. The van der Waals surface area contributed by atoms with Crippen LogP contribution in [0.15, 0.2) is 54.4 Å². The third-order valence-corrected chi connectivity index (χ3v) is 7.74. The predicted octanol–water partition coefficient (Wildman–Crippen LogP) is 3.19. The standard InChI is InChI=1S/C25H27N7OS/c1-18-14-29(11-12-32(18)23(33)16-31-17-28-21-5-3-8-26-24(21)31)22-6-2-4-19-7-10-30(15-20(19)22)25-27-9-13-34-25/h2-6,8-9,13,17-18H,7,10-12,14-16H2,1H3/t18-/m1/s1. The molecule has 2 aliphatic heterocycles. The van der Waals surface area contributed by atoms with Crippen LogP contribution in [-0.4, -0.2) is 62.5 Å². The molecule has 1 fully saturated rings. The highest BCUT2D eigenvalue weighted by Gasteiger charge is 2.30. The van der Waals surface area contributed by atoms with E-state index in [-0.39, 0.29) is 18.5 Å². The molecule has 1 saturated heterocycles. The minimum Gasteiger partial charge on any atom is -0.367 e. The topological polar surface area (TPSA) is 70.4 Å². The second kappa shape index (κ2) is 8.72. The molecule has 3 aromatic heterocycles. The molecule has 4 aromatic rings. The largest absolute Gasteiger partial charge is 0.367 e. The van der Waals surface area contributed by atoms with Crippen LogP contribution < -0.4 is 9.80 Å². The van der Waals surface area contributed by atoms with Gasteiger partial charge in [0.15, 0.2) is 10.8 Å². The van der Waals surface area contributed by atoms with Crippen LogP contribution in [0.5, 0.6) is 0 Å². The molecule has 0 spiro atoms. The summed E-state index contributed by atoms with van der Waals surface area (Å²) in [5.41, 5.74) is 5.68. The molecule has 0 unspecified atom stereocenters. The van der Waals surface area contributed by atoms with Crippen LogP contribution in [0.2, 0.25) is 0 Å². The Hall–Kier alpha value is -3.46. The minimum absolute atomic E-state index is 0.113. The van der Waals surface area contributed by atoms with Crippen LogP contribution in [0, 0.1) is 0 Å². The van der Waals surface area contributed by atoms with Crippen LogP contribution in [0.25, 0.3) is 11.2 Å². The molecular formula is C25H27N7OS. The molecule has 1 atom stereocenters. The highest BCUT2D eigenvalue weighted by atomic mass is 32.1. The van der Waals surface area contributed by atoms with Gasteiger partial charge in [0.2, 0.25) is 5.91 Å². The van der Waals surface area contributed by atoms with Crippen molar-refractivity contribution in [2.45, 2.75) is 32.5 Å². The number of rotatable bonds is 4. The van der Waals surface area contributed by atoms with Gasteiger partial charge in [-0.3, -0.25) is 4.79 Å². The smallest absolute Gasteiger partial charge is 0.242 e. The second-order valence-electron chi connectivity index (χ2n) is 9.00. The molecule has 174 valence electrons. The van der Waals surface area contributed by atoms with E-state index in [1.54, 1.807) is 23.9 Å². The Balaban J connectivity index is 1.17. The van der Waals surface area contributed by atoms with E-state index in [1.165, 1.54) is 16.8 Å². The van der Waals surface area contributed by atoms with E-state index in [2.05, 4.69) is 49.9 Å². The number of benzene rings is 1. The van der Waals surface area contributed by atoms with E-state index in [4.69, 9.17) is 0 Å². The maximum absolute atomic E-state index is 13.2. The fourth-order valence-corrected chi connectivity index (χ4v) is 5.86. The summed E-state index contributed by atoms with van der Waals surface area (Å²) in [7, 11) is 0. The number of aromatic nitrogens is 4. The Morgan fingerprint density at radius 2 is 2.00 bits per heavy atom. The number of pyridine rings is 1. The lowest BCUT2D eigenvalue weighted by Gasteiger charge is -2.42. The first kappa shape index (κ1) is 21.1. The van der Waals surface area contributed by atoms with Gasteiger partial charge in [0, 0.05) is 62.2 Å². The third-order valence-electron chi connectivity index (χ3n) is 6.91. The molecule has 1 aromatic carbocycles. The van der Waals surface area contributed by atoms with Crippen LogP contribution in [0.4, 0.5) is 10.8 Å². The normalized spacial score (nSPS) is 18.4. The van der Waals surface area contributed by atoms with E-state index < -0.39 is 0 Å². The number of thiazole rings is 1. The highest BCUT2D eigenvalue weighted by molar-refractivity contribution is 7.13. The SMILES string of the molecule is C[C@@H]1CN(c2cccc3c2CN(c2nccs2)CC3)CCN1C(=O)Cn1cnc2cccnc21. The highest BCUT2D eigenvalue weighted by Crippen LogP contribution is 2.33. The minimum atomic E-state index is 0.113. The Bertz CT molecular complexity index is 1320. The van der Waals surface area contributed by atoms with Crippen molar-refractivity contribution in [3.8, 4) is 0 Å². The number of anilines is 2. The van der Waals surface area contributed by atoms with Crippen LogP contribution >= 0.6 is 11.3 Å². The van der Waals surface area contributed by atoms with Crippen molar-refractivity contribution < 1.29 is 4.79 Å². The summed E-state index contributed by atoms with van der Waals surface area (Å²) in [6, 6.07) is 10.6. The Labute approximate surface area is 202 Å². The number of piperazine rings is 1. The van der Waals surface area contributed by atoms with E-state index in [1.807, 2.05) is 33.2 Å². The van der Waals surface area contributed by atoms with Gasteiger partial charge in [-0.05, 0) is 42.7 Å². The van der Waals surface area contributed by atoms with Crippen LogP contribution in [0.1, 0.15) is 18.1 Å². The number of hydrogen-bond acceptors (Lipinski definition) is 7. The van der Waals surface area contributed by atoms with Gasteiger partial charge in [-0.25, -0.2) is 15.0 Å². The van der Waals surface area contributed by atoms with Gasteiger partial charge in [0.1, 0.15) is 12.1 Å². The van der Waals surface area contributed by atoms with Gasteiger partial charge in [-0.2, -0.15) is 0 Å². The molecule has 2 aliphatic rings. The second-order valence-corrected chi connectivity index (χ2v) is 9.87. The number of amides is 1.